The number of carbonyl (C=O) groups is 1. The molecule has 0 aromatic carbocycles. The van der Waals surface area contributed by atoms with E-state index in [0.717, 1.165) is 17.7 Å². The zero-order valence-electron chi connectivity index (χ0n) is 22.1. The Morgan fingerprint density at radius 3 is 2.47 bits per heavy atom. The quantitative estimate of drug-likeness (QED) is 0.349. The van der Waals surface area contributed by atoms with E-state index in [2.05, 4.69) is 31.3 Å². The monoisotopic (exact) mass is 507 g/mol. The number of halogens is 3. The van der Waals surface area contributed by atoms with Gasteiger partial charge in [-0.1, -0.05) is 25.3 Å². The van der Waals surface area contributed by atoms with Gasteiger partial charge in [-0.2, -0.15) is 13.2 Å². The standard InChI is InChI=1S/C28H38F3N2O3/c1-18(2)10-12-36-25-13-19(3)17-33-23(25)14-20(4)21(5)26(33)24(34)16-32-15-22(27(6,7)35)9-8-11-28(29,30)31/h13-14,17-18,22,35H,4,8-12,16H2,1-3,5-7H3/q+1. The molecule has 8 heteroatoms. The summed E-state index contributed by atoms with van der Waals surface area (Å²) in [4.78, 5) is 19.2. The first-order valence-corrected chi connectivity index (χ1v) is 12.3. The third-order valence-corrected chi connectivity index (χ3v) is 6.08. The summed E-state index contributed by atoms with van der Waals surface area (Å²) in [6, 6.07) is 2.73. The Morgan fingerprint density at radius 2 is 1.89 bits per heavy atom. The Morgan fingerprint density at radius 1 is 1.22 bits per heavy atom. The van der Waals surface area contributed by atoms with Crippen LogP contribution in [0.5, 0.6) is 0 Å². The third kappa shape index (κ3) is 8.41. The molecule has 2 aliphatic heterocycles. The molecule has 1 unspecified atom stereocenters. The van der Waals surface area contributed by atoms with E-state index in [1.165, 1.54) is 13.8 Å². The number of carbonyl (C=O) groups excluding carboxylic acids is 1. The maximum absolute atomic E-state index is 13.3. The fourth-order valence-corrected chi connectivity index (χ4v) is 3.89. The zero-order chi connectivity index (χ0) is 27.3. The van der Waals surface area contributed by atoms with E-state index < -0.39 is 24.1 Å². The Bertz CT molecular complexity index is 1040. The number of ether oxygens (including phenoxy) is 1. The van der Waals surface area contributed by atoms with Crippen molar-refractivity contribution in [1.29, 1.82) is 0 Å². The molecule has 0 aliphatic carbocycles. The van der Waals surface area contributed by atoms with Crippen molar-refractivity contribution in [1.82, 2.24) is 4.90 Å². The van der Waals surface area contributed by atoms with Crippen molar-refractivity contribution in [2.24, 2.45) is 11.8 Å². The molecule has 1 atom stereocenters. The summed E-state index contributed by atoms with van der Waals surface area (Å²) in [7, 11) is 0. The maximum Gasteiger partial charge on any atom is 0.389 e. The second-order valence-electron chi connectivity index (χ2n) is 10.4. The van der Waals surface area contributed by atoms with Crippen molar-refractivity contribution in [3.05, 3.63) is 63.6 Å². The molecule has 0 saturated heterocycles. The average Bonchev–Trinajstić information content (AvgIpc) is 2.72. The highest BCUT2D eigenvalue weighted by atomic mass is 19.4. The molecular formula is C28H38F3N2O3+. The largest absolute Gasteiger partial charge is 0.491 e. The zero-order valence-corrected chi connectivity index (χ0v) is 22.1. The van der Waals surface area contributed by atoms with E-state index in [1.54, 1.807) is 4.90 Å². The van der Waals surface area contributed by atoms with Crippen molar-refractivity contribution >= 4 is 5.78 Å². The first-order chi connectivity index (χ1) is 16.6. The lowest BCUT2D eigenvalue weighted by Gasteiger charge is -2.34. The van der Waals surface area contributed by atoms with Crippen LogP contribution in [0.2, 0.25) is 0 Å². The molecule has 36 heavy (non-hydrogen) atoms. The van der Waals surface area contributed by atoms with Crippen LogP contribution < -0.4 is 0 Å². The highest BCUT2D eigenvalue weighted by molar-refractivity contribution is 6.00. The smallest absolute Gasteiger partial charge is 0.389 e. The summed E-state index contributed by atoms with van der Waals surface area (Å²) >= 11 is 0. The first kappa shape index (κ1) is 29.4. The minimum Gasteiger partial charge on any atom is -0.491 e. The Labute approximate surface area is 212 Å². The van der Waals surface area contributed by atoms with Crippen LogP contribution in [-0.4, -0.2) is 40.7 Å². The molecule has 0 bridgehead atoms. The molecule has 1 N–H and O–H groups in total. The van der Waals surface area contributed by atoms with Gasteiger partial charge < -0.3 is 14.7 Å². The average molecular weight is 508 g/mol. The van der Waals surface area contributed by atoms with E-state index in [0.29, 0.717) is 35.1 Å². The van der Waals surface area contributed by atoms with Crippen molar-refractivity contribution in [2.45, 2.75) is 79.0 Å². The lowest BCUT2D eigenvalue weighted by molar-refractivity contribution is -0.136. The SMILES string of the molecule is C=C1C=C2C(OCCC(C)C)=CC(C)=CN2C(C(=O)C[N+]#CC(CCCC(F)(F)F)C(C)(C)O)=C1C. The van der Waals surface area contributed by atoms with Crippen LogP contribution in [0.1, 0.15) is 67.2 Å². The minimum absolute atomic E-state index is 0.0576. The Balaban J connectivity index is 2.21. The number of aliphatic hydroxyl groups is 1. The number of ketones is 1. The molecule has 0 aromatic rings. The molecule has 0 amide bonds. The fraction of sp³-hybridized carbons (Fsp3) is 0.571. The molecule has 0 saturated carbocycles. The Kier molecular flexibility index (Phi) is 9.78. The summed E-state index contributed by atoms with van der Waals surface area (Å²) in [6.45, 7) is 15.4. The molecular weight excluding hydrogens is 469 g/mol. The first-order valence-electron chi connectivity index (χ1n) is 12.3. The van der Waals surface area contributed by atoms with Gasteiger partial charge in [0.25, 0.3) is 11.9 Å². The van der Waals surface area contributed by atoms with Crippen LogP contribution in [0.25, 0.3) is 4.85 Å². The topological polar surface area (TPSA) is 54.1 Å². The normalized spacial score (nSPS) is 17.1. The van der Waals surface area contributed by atoms with Crippen molar-refractivity contribution in [3.8, 4) is 6.07 Å². The van der Waals surface area contributed by atoms with Crippen LogP contribution in [-0.2, 0) is 9.53 Å². The molecule has 5 nitrogen and oxygen atoms in total. The van der Waals surface area contributed by atoms with E-state index >= 15 is 0 Å². The van der Waals surface area contributed by atoms with Gasteiger partial charge in [0.05, 0.1) is 17.9 Å². The number of alkyl halides is 3. The number of fused-ring (bicyclic) bond motifs is 1. The lowest BCUT2D eigenvalue weighted by atomic mass is 9.88. The van der Waals surface area contributed by atoms with E-state index in [-0.39, 0.29) is 25.2 Å². The second-order valence-corrected chi connectivity index (χ2v) is 10.4. The van der Waals surface area contributed by atoms with E-state index in [1.807, 2.05) is 32.2 Å². The van der Waals surface area contributed by atoms with Crippen LogP contribution in [0.4, 0.5) is 13.2 Å². The van der Waals surface area contributed by atoms with Gasteiger partial charge in [-0.15, -0.1) is 0 Å². The summed E-state index contributed by atoms with van der Waals surface area (Å²) in [6.07, 6.45) is 1.26. The molecule has 0 radical (unpaired) electrons. The van der Waals surface area contributed by atoms with Gasteiger partial charge in [0.2, 0.25) is 0 Å². The number of nitrogens with zero attached hydrogens (tertiary/aromatic N) is 2. The molecule has 0 fully saturated rings. The molecule has 2 rings (SSSR count). The van der Waals surface area contributed by atoms with Crippen molar-refractivity contribution in [3.63, 3.8) is 0 Å². The van der Waals surface area contributed by atoms with Gasteiger partial charge >= 0.3 is 12.7 Å². The summed E-state index contributed by atoms with van der Waals surface area (Å²) in [5.41, 5.74) is 2.12. The van der Waals surface area contributed by atoms with Gasteiger partial charge in [0.15, 0.2) is 0 Å². The lowest BCUT2D eigenvalue weighted by Crippen LogP contribution is -2.31. The molecule has 0 spiro atoms. The number of rotatable bonds is 10. The summed E-state index contributed by atoms with van der Waals surface area (Å²) in [5, 5.41) is 10.4. The third-order valence-electron chi connectivity index (χ3n) is 6.08. The molecule has 198 valence electrons. The van der Waals surface area contributed by atoms with Crippen LogP contribution in [0, 0.1) is 17.9 Å². The number of hydrogen-bond acceptors (Lipinski definition) is 4. The highest BCUT2D eigenvalue weighted by Gasteiger charge is 2.35. The van der Waals surface area contributed by atoms with Gasteiger partial charge in [-0.25, -0.2) is 0 Å². The van der Waals surface area contributed by atoms with Gasteiger partial charge in [0.1, 0.15) is 17.4 Å². The second kappa shape index (κ2) is 12.0. The van der Waals surface area contributed by atoms with E-state index in [9.17, 15) is 23.1 Å². The van der Waals surface area contributed by atoms with Gasteiger partial charge in [0, 0.05) is 12.6 Å². The van der Waals surface area contributed by atoms with E-state index in [4.69, 9.17) is 4.74 Å². The highest BCUT2D eigenvalue weighted by Crippen LogP contribution is 2.37. The Hall–Kier alpha value is -2.79. The predicted molar refractivity (Wildman–Crippen MR) is 136 cm³/mol. The molecule has 2 aliphatic rings. The minimum atomic E-state index is -4.26. The van der Waals surface area contributed by atoms with Crippen LogP contribution in [0.15, 0.2) is 58.8 Å². The van der Waals surface area contributed by atoms with Crippen molar-refractivity contribution < 1.29 is 27.8 Å². The van der Waals surface area contributed by atoms with Gasteiger partial charge in [-0.05, 0) is 81.7 Å². The molecule has 0 aromatic heterocycles. The number of hydrogen-bond donors (Lipinski definition) is 1. The summed E-state index contributed by atoms with van der Waals surface area (Å²) in [5.74, 6) is 0.132. The number of Topliss-reactive ketones (excluding diaryl/α,β-unsaturated/α-hetero) is 1. The van der Waals surface area contributed by atoms with Crippen LogP contribution >= 0.6 is 0 Å². The predicted octanol–water partition coefficient (Wildman–Crippen LogP) is 6.90. The molecule has 2 heterocycles. The van der Waals surface area contributed by atoms with Crippen molar-refractivity contribution in [2.75, 3.05) is 13.2 Å². The maximum atomic E-state index is 13.3. The number of allylic oxidation sites excluding steroid dienone is 5. The van der Waals surface area contributed by atoms with Crippen LogP contribution in [0.3, 0.4) is 0 Å². The fourth-order valence-electron chi connectivity index (χ4n) is 3.89. The van der Waals surface area contributed by atoms with Gasteiger partial charge in [-0.3, -0.25) is 4.79 Å². The summed E-state index contributed by atoms with van der Waals surface area (Å²) < 4.78 is 43.7.